The van der Waals surface area contributed by atoms with E-state index in [1.165, 1.54) is 6.07 Å². The van der Waals surface area contributed by atoms with Crippen molar-refractivity contribution in [3.63, 3.8) is 0 Å². The minimum absolute atomic E-state index is 0.0429. The summed E-state index contributed by atoms with van der Waals surface area (Å²) in [4.78, 5) is 11.4. The van der Waals surface area contributed by atoms with E-state index in [9.17, 15) is 18.9 Å². The van der Waals surface area contributed by atoms with E-state index in [2.05, 4.69) is 5.32 Å². The summed E-state index contributed by atoms with van der Waals surface area (Å²) < 4.78 is 24.7. The third kappa shape index (κ3) is 3.41. The van der Waals surface area contributed by atoms with Crippen LogP contribution in [0, 0.1) is 0 Å². The van der Waals surface area contributed by atoms with Crippen LogP contribution in [0.2, 0.25) is 0 Å². The Labute approximate surface area is 109 Å². The van der Waals surface area contributed by atoms with Gasteiger partial charge in [-0.15, -0.1) is 0 Å². The van der Waals surface area contributed by atoms with Gasteiger partial charge >= 0.3 is 5.91 Å². The number of hydrogen-bond acceptors (Lipinski definition) is 3. The Morgan fingerprint density at radius 2 is 1.84 bits per heavy atom. The molecule has 1 aliphatic carbocycles. The van der Waals surface area contributed by atoms with Crippen LogP contribution in [-0.2, 0) is 0 Å². The van der Waals surface area contributed by atoms with Crippen molar-refractivity contribution in [3.8, 4) is 0 Å². The van der Waals surface area contributed by atoms with Crippen LogP contribution in [0.4, 0.5) is 14.6 Å². The van der Waals surface area contributed by atoms with Gasteiger partial charge in [0, 0.05) is 17.1 Å². The van der Waals surface area contributed by atoms with Crippen LogP contribution in [0.5, 0.6) is 0 Å². The lowest BCUT2D eigenvalue weighted by Gasteiger charge is -2.27. The van der Waals surface area contributed by atoms with Crippen LogP contribution >= 0.6 is 0 Å². The maximum atomic E-state index is 12.3. The van der Waals surface area contributed by atoms with Crippen molar-refractivity contribution in [2.45, 2.75) is 37.8 Å². The van der Waals surface area contributed by atoms with E-state index in [-0.39, 0.29) is 17.7 Å². The van der Waals surface area contributed by atoms with E-state index >= 15 is 0 Å². The number of nitrogens with zero attached hydrogens (tertiary/aromatic N) is 1. The molecule has 6 heteroatoms. The fraction of sp³-hybridized carbons (Fsp3) is 0.462. The molecule has 0 atom stereocenters. The maximum Gasteiger partial charge on any atom is 0.316 e. The third-order valence-corrected chi connectivity index (χ3v) is 3.37. The number of benzene rings is 1. The topological polar surface area (TPSA) is 52.6 Å². The normalized spacial score (nSPS) is 22.9. The third-order valence-electron chi connectivity index (χ3n) is 3.37. The fourth-order valence-electron chi connectivity index (χ4n) is 2.33. The van der Waals surface area contributed by atoms with Crippen molar-refractivity contribution in [3.05, 3.63) is 29.8 Å². The van der Waals surface area contributed by atoms with Crippen molar-refractivity contribution in [1.29, 1.82) is 0 Å². The van der Waals surface area contributed by atoms with E-state index in [1.54, 1.807) is 18.2 Å². The van der Waals surface area contributed by atoms with E-state index in [0.717, 1.165) is 12.8 Å². The molecule has 1 fully saturated rings. The number of amides is 1. The minimum atomic E-state index is -1.41. The Morgan fingerprint density at radius 3 is 2.47 bits per heavy atom. The number of anilines is 1. The van der Waals surface area contributed by atoms with Crippen LogP contribution < -0.4 is 5.32 Å². The molecule has 1 aromatic carbocycles. The number of halogens is 2. The highest BCUT2D eigenvalue weighted by Crippen LogP contribution is 2.25. The van der Waals surface area contributed by atoms with Gasteiger partial charge in [0.1, 0.15) is 0 Å². The molecule has 0 radical (unpaired) electrons. The van der Waals surface area contributed by atoms with Gasteiger partial charge in [-0.3, -0.25) is 4.79 Å². The molecule has 0 spiro atoms. The molecular formula is C13H16F2N2O2. The highest BCUT2D eigenvalue weighted by atomic mass is 19.4. The Balaban J connectivity index is 2.10. The molecule has 2 N–H and O–H groups in total. The van der Waals surface area contributed by atoms with Crippen LogP contribution in [0.15, 0.2) is 24.3 Å². The highest BCUT2D eigenvalue weighted by molar-refractivity contribution is 5.98. The monoisotopic (exact) mass is 270 g/mol. The molecule has 1 amide bonds. The zero-order valence-corrected chi connectivity index (χ0v) is 10.4. The molecule has 0 aromatic heterocycles. The number of para-hydroxylation sites is 1. The highest BCUT2D eigenvalue weighted by Gasteiger charge is 2.23. The SMILES string of the molecule is O=C(c1ccccc1NC1CCC(O)CC1)N(F)F. The molecule has 0 heterocycles. The summed E-state index contributed by atoms with van der Waals surface area (Å²) >= 11 is 0. The van der Waals surface area contributed by atoms with E-state index in [4.69, 9.17) is 0 Å². The first kappa shape index (κ1) is 13.7. The first-order chi connectivity index (χ1) is 9.08. The molecule has 0 saturated heterocycles. The zero-order valence-electron chi connectivity index (χ0n) is 10.4. The summed E-state index contributed by atoms with van der Waals surface area (Å²) in [7, 11) is 0. The lowest BCUT2D eigenvalue weighted by molar-refractivity contribution is -0.108. The summed E-state index contributed by atoms with van der Waals surface area (Å²) in [5.41, 5.74) is 0.368. The standard InChI is InChI=1S/C13H16F2N2O2/c14-17(15)13(19)11-3-1-2-4-12(11)16-9-5-7-10(18)8-6-9/h1-4,9-10,16,18H,5-8H2. The second-order valence-corrected chi connectivity index (χ2v) is 4.73. The summed E-state index contributed by atoms with van der Waals surface area (Å²) in [5, 5.41) is 11.1. The number of carbonyl (C=O) groups excluding carboxylic acids is 1. The van der Waals surface area contributed by atoms with Gasteiger partial charge in [-0.1, -0.05) is 21.1 Å². The average molecular weight is 270 g/mol. The van der Waals surface area contributed by atoms with Crippen LogP contribution in [0.1, 0.15) is 36.0 Å². The van der Waals surface area contributed by atoms with E-state index in [0.29, 0.717) is 18.5 Å². The van der Waals surface area contributed by atoms with Crippen LogP contribution in [0.25, 0.3) is 0 Å². The largest absolute Gasteiger partial charge is 0.393 e. The van der Waals surface area contributed by atoms with Gasteiger partial charge in [-0.2, -0.15) is 0 Å². The number of aliphatic hydroxyl groups excluding tert-OH is 1. The number of rotatable bonds is 3. The molecule has 0 bridgehead atoms. The second kappa shape index (κ2) is 5.97. The Morgan fingerprint density at radius 1 is 1.21 bits per heavy atom. The van der Waals surface area contributed by atoms with E-state index in [1.807, 2.05) is 0 Å². The minimum Gasteiger partial charge on any atom is -0.393 e. The number of aliphatic hydroxyl groups is 1. The summed E-state index contributed by atoms with van der Waals surface area (Å²) in [6.07, 6.45) is 2.62. The van der Waals surface area contributed by atoms with Crippen LogP contribution in [0.3, 0.4) is 0 Å². The number of carbonyl (C=O) groups is 1. The molecule has 1 aliphatic rings. The van der Waals surface area contributed by atoms with Gasteiger partial charge in [0.25, 0.3) is 0 Å². The van der Waals surface area contributed by atoms with Gasteiger partial charge in [-0.05, 0) is 37.8 Å². The zero-order chi connectivity index (χ0) is 13.8. The lowest BCUT2D eigenvalue weighted by Crippen LogP contribution is -2.29. The van der Waals surface area contributed by atoms with Crippen molar-refractivity contribution in [2.75, 3.05) is 5.32 Å². The molecule has 0 unspecified atom stereocenters. The van der Waals surface area contributed by atoms with Gasteiger partial charge in [0.05, 0.1) is 11.7 Å². The molecule has 2 rings (SSSR count). The van der Waals surface area contributed by atoms with Crippen molar-refractivity contribution >= 4 is 11.6 Å². The lowest BCUT2D eigenvalue weighted by atomic mass is 9.93. The summed E-state index contributed by atoms with van der Waals surface area (Å²) in [6.45, 7) is 0. The summed E-state index contributed by atoms with van der Waals surface area (Å²) in [5.74, 6) is -1.32. The van der Waals surface area contributed by atoms with Crippen LogP contribution in [-0.4, -0.2) is 28.5 Å². The predicted octanol–water partition coefficient (Wildman–Crippen LogP) is 2.61. The number of nitrogens with one attached hydrogen (secondary N) is 1. The summed E-state index contributed by atoms with van der Waals surface area (Å²) in [6, 6.07) is 6.32. The predicted molar refractivity (Wildman–Crippen MR) is 66.7 cm³/mol. The van der Waals surface area contributed by atoms with Crippen molar-refractivity contribution in [1.82, 2.24) is 5.34 Å². The fourth-order valence-corrected chi connectivity index (χ4v) is 2.33. The quantitative estimate of drug-likeness (QED) is 0.830. The molecular weight excluding hydrogens is 254 g/mol. The van der Waals surface area contributed by atoms with E-state index < -0.39 is 11.3 Å². The first-order valence-electron chi connectivity index (χ1n) is 6.27. The smallest absolute Gasteiger partial charge is 0.316 e. The molecule has 19 heavy (non-hydrogen) atoms. The number of hydrogen-bond donors (Lipinski definition) is 2. The molecule has 1 aromatic rings. The second-order valence-electron chi connectivity index (χ2n) is 4.73. The van der Waals surface area contributed by atoms with Gasteiger partial charge in [0.2, 0.25) is 0 Å². The molecule has 104 valence electrons. The van der Waals surface area contributed by atoms with Gasteiger partial charge < -0.3 is 10.4 Å². The molecule has 0 aliphatic heterocycles. The maximum absolute atomic E-state index is 12.3. The first-order valence-corrected chi connectivity index (χ1v) is 6.27. The Bertz CT molecular complexity index is 446. The van der Waals surface area contributed by atoms with Gasteiger partial charge in [-0.25, -0.2) is 0 Å². The van der Waals surface area contributed by atoms with Crippen molar-refractivity contribution < 1.29 is 18.9 Å². The average Bonchev–Trinajstić information content (AvgIpc) is 2.41. The Hall–Kier alpha value is -1.69. The van der Waals surface area contributed by atoms with Gasteiger partial charge in [0.15, 0.2) is 0 Å². The molecule has 1 saturated carbocycles. The molecule has 4 nitrogen and oxygen atoms in total. The Kier molecular flexibility index (Phi) is 4.31. The van der Waals surface area contributed by atoms with Crippen molar-refractivity contribution in [2.24, 2.45) is 0 Å².